The molecular formula is C19H26N2O2S. The van der Waals surface area contributed by atoms with Gasteiger partial charge in [0.15, 0.2) is 0 Å². The molecule has 1 amide bonds. The predicted molar refractivity (Wildman–Crippen MR) is 98.8 cm³/mol. The van der Waals surface area contributed by atoms with Crippen molar-refractivity contribution in [1.29, 1.82) is 0 Å². The van der Waals surface area contributed by atoms with E-state index in [-0.39, 0.29) is 11.2 Å². The highest BCUT2D eigenvalue weighted by atomic mass is 32.2. The van der Waals surface area contributed by atoms with Gasteiger partial charge in [-0.1, -0.05) is 19.3 Å². The molecule has 1 aromatic carbocycles. The maximum atomic E-state index is 12.8. The standard InChI is InChI=1S/C19H26N2O2S/c1-3-21(4-2)19(22)18-13-14-12-16(10-11-17(14)20-18)24(23)15-8-6-5-7-9-15/h10-13,15,20H,3-9H2,1-2H3. The van der Waals surface area contributed by atoms with Gasteiger partial charge < -0.3 is 9.88 Å². The van der Waals surface area contributed by atoms with E-state index < -0.39 is 10.8 Å². The minimum Gasteiger partial charge on any atom is -0.351 e. The van der Waals surface area contributed by atoms with E-state index in [0.717, 1.165) is 28.6 Å². The van der Waals surface area contributed by atoms with Crippen molar-refractivity contribution in [3.8, 4) is 0 Å². The zero-order chi connectivity index (χ0) is 17.1. The molecule has 0 bridgehead atoms. The number of hydrogen-bond acceptors (Lipinski definition) is 2. The first-order valence-electron chi connectivity index (χ1n) is 8.96. The number of aromatic amines is 1. The van der Waals surface area contributed by atoms with Gasteiger partial charge in [0, 0.05) is 34.1 Å². The van der Waals surface area contributed by atoms with Crippen molar-refractivity contribution < 1.29 is 9.00 Å². The largest absolute Gasteiger partial charge is 0.351 e. The smallest absolute Gasteiger partial charge is 0.270 e. The average Bonchev–Trinajstić information content (AvgIpc) is 3.06. The zero-order valence-corrected chi connectivity index (χ0v) is 15.3. The summed E-state index contributed by atoms with van der Waals surface area (Å²) in [5, 5.41) is 1.25. The van der Waals surface area contributed by atoms with Gasteiger partial charge in [-0.15, -0.1) is 0 Å². The van der Waals surface area contributed by atoms with Crippen LogP contribution in [-0.4, -0.2) is 38.3 Å². The third-order valence-electron chi connectivity index (χ3n) is 4.96. The molecular weight excluding hydrogens is 320 g/mol. The van der Waals surface area contributed by atoms with Crippen LogP contribution in [0.2, 0.25) is 0 Å². The molecule has 1 atom stereocenters. The minimum absolute atomic E-state index is 0.0196. The van der Waals surface area contributed by atoms with Crippen molar-refractivity contribution in [3.63, 3.8) is 0 Å². The van der Waals surface area contributed by atoms with E-state index in [1.54, 1.807) is 4.90 Å². The Bertz CT molecular complexity index is 743. The normalized spacial score (nSPS) is 17.1. The highest BCUT2D eigenvalue weighted by Crippen LogP contribution is 2.28. The van der Waals surface area contributed by atoms with Crippen LogP contribution in [0, 0.1) is 0 Å². The Hall–Kier alpha value is -1.62. The number of hydrogen-bond donors (Lipinski definition) is 1. The van der Waals surface area contributed by atoms with Gasteiger partial charge in [0.05, 0.1) is 10.8 Å². The number of H-pyrrole nitrogens is 1. The van der Waals surface area contributed by atoms with Crippen molar-refractivity contribution in [3.05, 3.63) is 30.0 Å². The Balaban J connectivity index is 1.86. The Morgan fingerprint density at radius 1 is 1.17 bits per heavy atom. The Morgan fingerprint density at radius 3 is 2.54 bits per heavy atom. The lowest BCUT2D eigenvalue weighted by molar-refractivity contribution is 0.0768. The van der Waals surface area contributed by atoms with Crippen LogP contribution in [0.5, 0.6) is 0 Å². The van der Waals surface area contributed by atoms with Crippen molar-refractivity contribution in [2.75, 3.05) is 13.1 Å². The molecule has 5 heteroatoms. The van der Waals surface area contributed by atoms with Crippen molar-refractivity contribution in [2.45, 2.75) is 56.1 Å². The maximum absolute atomic E-state index is 12.8. The first-order chi connectivity index (χ1) is 11.6. The van der Waals surface area contributed by atoms with Gasteiger partial charge in [-0.25, -0.2) is 0 Å². The molecule has 0 aliphatic heterocycles. The van der Waals surface area contributed by atoms with E-state index in [0.29, 0.717) is 18.8 Å². The maximum Gasteiger partial charge on any atom is 0.270 e. The first-order valence-corrected chi connectivity index (χ1v) is 10.2. The van der Waals surface area contributed by atoms with Crippen LogP contribution in [0.3, 0.4) is 0 Å². The lowest BCUT2D eigenvalue weighted by atomic mass is 10.0. The third-order valence-corrected chi connectivity index (χ3v) is 6.76. The van der Waals surface area contributed by atoms with E-state index in [1.165, 1.54) is 19.3 Å². The van der Waals surface area contributed by atoms with Crippen molar-refractivity contribution >= 4 is 27.6 Å². The summed E-state index contributed by atoms with van der Waals surface area (Å²) in [4.78, 5) is 18.4. The highest BCUT2D eigenvalue weighted by Gasteiger charge is 2.22. The molecule has 1 fully saturated rings. The molecule has 1 saturated carbocycles. The number of aromatic nitrogens is 1. The number of benzene rings is 1. The van der Waals surface area contributed by atoms with Crippen LogP contribution in [-0.2, 0) is 10.8 Å². The van der Waals surface area contributed by atoms with E-state index >= 15 is 0 Å². The van der Waals surface area contributed by atoms with Crippen LogP contribution >= 0.6 is 0 Å². The number of carbonyl (C=O) groups excluding carboxylic acids is 1. The molecule has 1 heterocycles. The van der Waals surface area contributed by atoms with Crippen LogP contribution in [0.25, 0.3) is 10.9 Å². The molecule has 130 valence electrons. The fourth-order valence-electron chi connectivity index (χ4n) is 3.50. The topological polar surface area (TPSA) is 53.2 Å². The lowest BCUT2D eigenvalue weighted by Crippen LogP contribution is -2.30. The first kappa shape index (κ1) is 17.2. The molecule has 3 rings (SSSR count). The highest BCUT2D eigenvalue weighted by molar-refractivity contribution is 7.85. The Morgan fingerprint density at radius 2 is 1.88 bits per heavy atom. The van der Waals surface area contributed by atoms with Gasteiger partial charge in [0.1, 0.15) is 5.69 Å². The quantitative estimate of drug-likeness (QED) is 0.886. The molecule has 0 spiro atoms. The summed E-state index contributed by atoms with van der Waals surface area (Å²) in [7, 11) is -0.949. The van der Waals surface area contributed by atoms with Crippen LogP contribution in [0.4, 0.5) is 0 Å². The number of nitrogens with zero attached hydrogens (tertiary/aromatic N) is 1. The number of amides is 1. The molecule has 1 N–H and O–H groups in total. The fourth-order valence-corrected chi connectivity index (χ4v) is 5.10. The average molecular weight is 346 g/mol. The van der Waals surface area contributed by atoms with E-state index in [4.69, 9.17) is 0 Å². The van der Waals surface area contributed by atoms with Crippen molar-refractivity contribution in [2.24, 2.45) is 0 Å². The molecule has 1 aliphatic carbocycles. The Kier molecular flexibility index (Phi) is 5.39. The lowest BCUT2D eigenvalue weighted by Gasteiger charge is -2.20. The van der Waals surface area contributed by atoms with Crippen LogP contribution < -0.4 is 0 Å². The van der Waals surface area contributed by atoms with E-state index in [9.17, 15) is 9.00 Å². The van der Waals surface area contributed by atoms with Gasteiger partial charge in [0.25, 0.3) is 5.91 Å². The van der Waals surface area contributed by atoms with E-state index in [1.807, 2.05) is 38.1 Å². The summed E-state index contributed by atoms with van der Waals surface area (Å²) in [5.74, 6) is 0.0196. The van der Waals surface area contributed by atoms with Crippen molar-refractivity contribution in [1.82, 2.24) is 9.88 Å². The monoisotopic (exact) mass is 346 g/mol. The molecule has 24 heavy (non-hydrogen) atoms. The van der Waals surface area contributed by atoms with Gasteiger partial charge in [-0.3, -0.25) is 9.00 Å². The summed E-state index contributed by atoms with van der Waals surface area (Å²) >= 11 is 0. The molecule has 0 radical (unpaired) electrons. The van der Waals surface area contributed by atoms with Crippen LogP contribution in [0.15, 0.2) is 29.2 Å². The summed E-state index contributed by atoms with van der Waals surface area (Å²) in [6.07, 6.45) is 5.75. The predicted octanol–water partition coefficient (Wildman–Crippen LogP) is 4.09. The number of rotatable bonds is 5. The molecule has 1 unspecified atom stereocenters. The molecule has 1 aliphatic rings. The number of carbonyl (C=O) groups is 1. The molecule has 2 aromatic rings. The van der Waals surface area contributed by atoms with Gasteiger partial charge in [-0.05, 0) is 51.0 Å². The van der Waals surface area contributed by atoms with Crippen LogP contribution in [0.1, 0.15) is 56.4 Å². The molecule has 4 nitrogen and oxygen atoms in total. The second kappa shape index (κ2) is 7.51. The zero-order valence-electron chi connectivity index (χ0n) is 14.5. The summed E-state index contributed by atoms with van der Waals surface area (Å²) < 4.78 is 12.8. The second-order valence-corrected chi connectivity index (χ2v) is 8.20. The van der Waals surface area contributed by atoms with E-state index in [2.05, 4.69) is 4.98 Å². The number of nitrogens with one attached hydrogen (secondary N) is 1. The Labute approximate surface area is 146 Å². The minimum atomic E-state index is -0.949. The second-order valence-electron chi connectivity index (χ2n) is 6.47. The molecule has 0 saturated heterocycles. The summed E-state index contributed by atoms with van der Waals surface area (Å²) in [5.41, 5.74) is 1.53. The van der Waals surface area contributed by atoms with Gasteiger partial charge >= 0.3 is 0 Å². The van der Waals surface area contributed by atoms with Gasteiger partial charge in [0.2, 0.25) is 0 Å². The third kappa shape index (κ3) is 3.41. The summed E-state index contributed by atoms with van der Waals surface area (Å²) in [6.45, 7) is 5.36. The summed E-state index contributed by atoms with van der Waals surface area (Å²) in [6, 6.07) is 7.76. The van der Waals surface area contributed by atoms with Gasteiger partial charge in [-0.2, -0.15) is 0 Å². The SMILES string of the molecule is CCN(CC)C(=O)c1cc2cc(S(=O)C3CCCCC3)ccc2[nH]1. The number of fused-ring (bicyclic) bond motifs is 1. The molecule has 1 aromatic heterocycles. The fraction of sp³-hybridized carbons (Fsp3) is 0.526.